The van der Waals surface area contributed by atoms with Crippen LogP contribution in [0.15, 0.2) is 12.3 Å². The number of piperidine rings is 1. The molecule has 0 aliphatic carbocycles. The second-order valence-electron chi connectivity index (χ2n) is 12.5. The van der Waals surface area contributed by atoms with Crippen molar-refractivity contribution in [1.29, 1.82) is 0 Å². The van der Waals surface area contributed by atoms with Gasteiger partial charge in [0.2, 0.25) is 5.91 Å². The minimum absolute atomic E-state index is 0.0119. The second-order valence-corrected chi connectivity index (χ2v) is 12.5. The zero-order valence-corrected chi connectivity index (χ0v) is 26.4. The molecule has 41 heavy (non-hydrogen) atoms. The summed E-state index contributed by atoms with van der Waals surface area (Å²) in [6.45, 7) is 17.2. The van der Waals surface area contributed by atoms with Crippen molar-refractivity contribution in [2.75, 3.05) is 51.0 Å². The van der Waals surface area contributed by atoms with Crippen LogP contribution in [-0.4, -0.2) is 79.1 Å². The summed E-state index contributed by atoms with van der Waals surface area (Å²) in [6, 6.07) is 1.78. The topological polar surface area (TPSA) is 121 Å². The first-order valence-electron chi connectivity index (χ1n) is 15.5. The Bertz CT molecular complexity index is 938. The Balaban J connectivity index is 2.23. The van der Waals surface area contributed by atoms with Gasteiger partial charge in [0.25, 0.3) is 0 Å². The summed E-state index contributed by atoms with van der Waals surface area (Å²) in [5.74, 6) is 0.543. The number of nitrogens with zero attached hydrogens (tertiary/aromatic N) is 2. The van der Waals surface area contributed by atoms with Gasteiger partial charge in [-0.3, -0.25) is 14.5 Å². The molecule has 9 nitrogen and oxygen atoms in total. The van der Waals surface area contributed by atoms with Gasteiger partial charge in [0.05, 0.1) is 24.5 Å². The highest BCUT2D eigenvalue weighted by atomic mass is 16.5. The van der Waals surface area contributed by atoms with Crippen molar-refractivity contribution in [3.63, 3.8) is 0 Å². The molecule has 2 heterocycles. The number of aliphatic hydroxyl groups excluding tert-OH is 2. The first-order chi connectivity index (χ1) is 19.5. The van der Waals surface area contributed by atoms with Gasteiger partial charge < -0.3 is 25.0 Å². The van der Waals surface area contributed by atoms with Crippen LogP contribution in [-0.2, 0) is 14.3 Å². The van der Waals surface area contributed by atoms with E-state index in [1.54, 1.807) is 17.2 Å². The van der Waals surface area contributed by atoms with E-state index in [1.165, 1.54) is 0 Å². The van der Waals surface area contributed by atoms with E-state index in [-0.39, 0.29) is 30.1 Å². The van der Waals surface area contributed by atoms with E-state index in [1.807, 2.05) is 20.8 Å². The maximum absolute atomic E-state index is 14.0. The molecule has 1 saturated heterocycles. The second kappa shape index (κ2) is 17.8. The number of ether oxygens (including phenoxy) is 2. The smallest absolute Gasteiger partial charge is 0.235 e. The Labute approximate surface area is 247 Å². The van der Waals surface area contributed by atoms with Crippen molar-refractivity contribution in [1.82, 2.24) is 10.3 Å². The molecule has 3 N–H and O–H groups in total. The van der Waals surface area contributed by atoms with E-state index in [0.29, 0.717) is 82.1 Å². The van der Waals surface area contributed by atoms with E-state index >= 15 is 0 Å². The molecule has 1 aliphatic rings. The lowest BCUT2D eigenvalue weighted by atomic mass is 9.81. The van der Waals surface area contributed by atoms with Gasteiger partial charge >= 0.3 is 0 Å². The highest BCUT2D eigenvalue weighted by Crippen LogP contribution is 2.32. The van der Waals surface area contributed by atoms with Crippen molar-refractivity contribution in [2.45, 2.75) is 86.2 Å². The number of carbonyl (C=O) groups excluding carboxylic acids is 2. The van der Waals surface area contributed by atoms with Gasteiger partial charge in [-0.1, -0.05) is 41.5 Å². The van der Waals surface area contributed by atoms with E-state index in [0.717, 1.165) is 12.0 Å². The molecule has 234 valence electrons. The Morgan fingerprint density at radius 1 is 1.12 bits per heavy atom. The first-order valence-corrected chi connectivity index (χ1v) is 15.5. The number of pyridine rings is 1. The third-order valence-electron chi connectivity index (χ3n) is 7.60. The molecule has 0 radical (unpaired) electrons. The van der Waals surface area contributed by atoms with Gasteiger partial charge in [0, 0.05) is 70.1 Å². The van der Waals surface area contributed by atoms with Crippen LogP contribution in [0.5, 0.6) is 5.75 Å². The number of carbonyl (C=O) groups is 2. The average Bonchev–Trinajstić information content (AvgIpc) is 2.92. The zero-order chi connectivity index (χ0) is 30.5. The molecule has 9 heteroatoms. The number of rotatable bonds is 18. The third kappa shape index (κ3) is 10.9. The minimum Gasteiger partial charge on any atom is -0.493 e. The highest BCUT2D eigenvalue weighted by Gasteiger charge is 2.42. The molecule has 0 aromatic carbocycles. The number of aromatic nitrogens is 1. The maximum Gasteiger partial charge on any atom is 0.235 e. The molecule has 0 spiro atoms. The Kier molecular flexibility index (Phi) is 15.2. The molecule has 1 aliphatic heterocycles. The van der Waals surface area contributed by atoms with Crippen LogP contribution in [0.3, 0.4) is 0 Å². The van der Waals surface area contributed by atoms with E-state index < -0.39 is 17.9 Å². The van der Waals surface area contributed by atoms with Crippen LogP contribution in [0.25, 0.3) is 0 Å². The van der Waals surface area contributed by atoms with Gasteiger partial charge in [-0.05, 0) is 43.4 Å². The van der Waals surface area contributed by atoms with Gasteiger partial charge in [-0.15, -0.1) is 0 Å². The molecule has 1 amide bonds. The molecule has 0 bridgehead atoms. The van der Waals surface area contributed by atoms with E-state index in [9.17, 15) is 19.8 Å². The lowest BCUT2D eigenvalue weighted by Gasteiger charge is -2.37. The van der Waals surface area contributed by atoms with Crippen LogP contribution in [0, 0.1) is 29.6 Å². The van der Waals surface area contributed by atoms with Gasteiger partial charge in [0.15, 0.2) is 0 Å². The normalized spacial score (nSPS) is 20.0. The lowest BCUT2D eigenvalue weighted by molar-refractivity contribution is -0.135. The van der Waals surface area contributed by atoms with Gasteiger partial charge in [-0.25, -0.2) is 4.98 Å². The van der Waals surface area contributed by atoms with Crippen LogP contribution in [0.2, 0.25) is 0 Å². The molecule has 1 aromatic rings. The standard InChI is InChI=1S/C32H55N3O6/c1-8-40-20-24(14-21(2)3)10-11-28(37)26-16-33-17-27(31(26)38)32(39)35(19-22(4)5)30-15-29(41-13-9-12-36)25(18-34-30)23(6)7/h15,18,21-24,26-27,31,33,36,38H,8-14,16-17,19-20H2,1-7H3/t24-,26+,27+,31-/m1/s1. The molecule has 0 saturated carbocycles. The van der Waals surface area contributed by atoms with Crippen molar-refractivity contribution in [3.8, 4) is 5.75 Å². The largest absolute Gasteiger partial charge is 0.493 e. The summed E-state index contributed by atoms with van der Waals surface area (Å²) in [5, 5.41) is 23.8. The number of ketones is 1. The molecular formula is C32H55N3O6. The van der Waals surface area contributed by atoms with Crippen LogP contribution >= 0.6 is 0 Å². The summed E-state index contributed by atoms with van der Waals surface area (Å²) in [5.41, 5.74) is 0.925. The predicted molar refractivity (Wildman–Crippen MR) is 162 cm³/mol. The Morgan fingerprint density at radius 2 is 1.83 bits per heavy atom. The number of Topliss-reactive ketones (excluding diaryl/α,β-unsaturated/α-hetero) is 1. The quantitative estimate of drug-likeness (QED) is 0.222. The lowest BCUT2D eigenvalue weighted by Crippen LogP contribution is -2.56. The minimum atomic E-state index is -1.07. The Morgan fingerprint density at radius 3 is 2.44 bits per heavy atom. The zero-order valence-electron chi connectivity index (χ0n) is 26.4. The molecule has 4 atom stereocenters. The summed E-state index contributed by atoms with van der Waals surface area (Å²) < 4.78 is 11.6. The summed E-state index contributed by atoms with van der Waals surface area (Å²) in [7, 11) is 0. The van der Waals surface area contributed by atoms with Gasteiger partial charge in [-0.2, -0.15) is 0 Å². The first kappa shape index (κ1) is 35.1. The molecule has 2 rings (SSSR count). The van der Waals surface area contributed by atoms with Crippen molar-refractivity contribution in [2.24, 2.45) is 29.6 Å². The number of amides is 1. The van der Waals surface area contributed by atoms with Crippen molar-refractivity contribution < 1.29 is 29.3 Å². The van der Waals surface area contributed by atoms with Crippen molar-refractivity contribution in [3.05, 3.63) is 17.8 Å². The van der Waals surface area contributed by atoms with Crippen LogP contribution in [0.1, 0.15) is 85.6 Å². The molecular weight excluding hydrogens is 522 g/mol. The number of aliphatic hydroxyl groups is 2. The summed E-state index contributed by atoms with van der Waals surface area (Å²) in [6.07, 6.45) is 3.23. The van der Waals surface area contributed by atoms with Crippen molar-refractivity contribution >= 4 is 17.5 Å². The van der Waals surface area contributed by atoms with E-state index in [4.69, 9.17) is 9.47 Å². The maximum atomic E-state index is 14.0. The molecule has 1 fully saturated rings. The fourth-order valence-corrected chi connectivity index (χ4v) is 5.46. The summed E-state index contributed by atoms with van der Waals surface area (Å²) in [4.78, 5) is 33.6. The number of hydrogen-bond donors (Lipinski definition) is 3. The fourth-order valence-electron chi connectivity index (χ4n) is 5.46. The summed E-state index contributed by atoms with van der Waals surface area (Å²) >= 11 is 0. The monoisotopic (exact) mass is 577 g/mol. The van der Waals surface area contributed by atoms with Crippen LogP contribution in [0.4, 0.5) is 5.82 Å². The molecule has 0 unspecified atom stereocenters. The van der Waals surface area contributed by atoms with E-state index in [2.05, 4.69) is 38.0 Å². The number of nitrogens with one attached hydrogen (secondary N) is 1. The number of anilines is 1. The average molecular weight is 578 g/mol. The fraction of sp³-hybridized carbons (Fsp3) is 0.781. The number of hydrogen-bond acceptors (Lipinski definition) is 8. The molecule has 1 aromatic heterocycles. The van der Waals surface area contributed by atoms with Gasteiger partial charge in [0.1, 0.15) is 17.4 Å². The van der Waals surface area contributed by atoms with Crippen LogP contribution < -0.4 is 15.0 Å². The predicted octanol–water partition coefficient (Wildman–Crippen LogP) is 4.20. The highest BCUT2D eigenvalue weighted by molar-refractivity contribution is 5.96. The third-order valence-corrected chi connectivity index (χ3v) is 7.60. The Hall–Kier alpha value is -2.07. The SMILES string of the molecule is CCOC[C@H](CCC(=O)[C@@H]1CNC[C@H](C(=O)N(CC(C)C)c2cc(OCCCO)c(C(C)C)cn2)[C@@H]1O)CC(C)C.